The summed E-state index contributed by atoms with van der Waals surface area (Å²) in [5.41, 5.74) is 3.39. The topological polar surface area (TPSA) is 30.5 Å². The van der Waals surface area contributed by atoms with E-state index in [1.807, 2.05) is 30.3 Å². The van der Waals surface area contributed by atoms with Gasteiger partial charge in [-0.3, -0.25) is 0 Å². The van der Waals surface area contributed by atoms with Gasteiger partial charge in [-0.15, -0.1) is 0 Å². The normalized spacial score (nSPS) is 10.2. The van der Waals surface area contributed by atoms with E-state index >= 15 is 0 Å². The van der Waals surface area contributed by atoms with Gasteiger partial charge in [0.15, 0.2) is 0 Å². The second kappa shape index (κ2) is 7.58. The van der Waals surface area contributed by atoms with Crippen LogP contribution in [0, 0.1) is 6.92 Å². The Kier molecular flexibility index (Phi) is 5.50. The van der Waals surface area contributed by atoms with Gasteiger partial charge in [0.25, 0.3) is 0 Å². The fraction of sp³-hybridized carbons (Fsp3) is 0.333. The second-order valence-corrected chi connectivity index (χ2v) is 5.00. The van der Waals surface area contributed by atoms with E-state index in [4.69, 9.17) is 9.47 Å². The van der Waals surface area contributed by atoms with Gasteiger partial charge in [-0.25, -0.2) is 0 Å². The lowest BCUT2D eigenvalue weighted by Gasteiger charge is -2.13. The molecule has 1 N–H and O–H groups in total. The highest BCUT2D eigenvalue weighted by molar-refractivity contribution is 5.56. The number of rotatable bonds is 7. The summed E-state index contributed by atoms with van der Waals surface area (Å²) in [4.78, 5) is 0. The number of ether oxygens (including phenoxy) is 2. The van der Waals surface area contributed by atoms with Gasteiger partial charge >= 0.3 is 0 Å². The van der Waals surface area contributed by atoms with E-state index in [1.54, 1.807) is 7.11 Å². The largest absolute Gasteiger partial charge is 0.496 e. The first-order valence-corrected chi connectivity index (χ1v) is 7.33. The summed E-state index contributed by atoms with van der Waals surface area (Å²) in [5.74, 6) is 1.83. The molecule has 0 aliphatic heterocycles. The molecule has 0 aromatic heterocycles. The standard InChI is InChI=1S/C18H23NO2/c1-4-11-21-18-8-6-5-7-16(18)19-13-15-9-10-17(20-3)14(2)12-15/h5-10,12,19H,4,11,13H2,1-3H3. The number of para-hydroxylation sites is 2. The first kappa shape index (κ1) is 15.2. The smallest absolute Gasteiger partial charge is 0.142 e. The summed E-state index contributed by atoms with van der Waals surface area (Å²) in [6, 6.07) is 14.3. The first-order valence-electron chi connectivity index (χ1n) is 7.33. The van der Waals surface area contributed by atoms with Gasteiger partial charge in [-0.05, 0) is 42.7 Å². The van der Waals surface area contributed by atoms with E-state index in [-0.39, 0.29) is 0 Å². The Morgan fingerprint density at radius 3 is 2.57 bits per heavy atom. The summed E-state index contributed by atoms with van der Waals surface area (Å²) < 4.78 is 11.0. The number of hydrogen-bond donors (Lipinski definition) is 1. The molecule has 112 valence electrons. The van der Waals surface area contributed by atoms with Crippen molar-refractivity contribution in [1.29, 1.82) is 0 Å². The molecule has 0 fully saturated rings. The molecule has 0 saturated heterocycles. The molecule has 3 heteroatoms. The third kappa shape index (κ3) is 4.15. The molecule has 0 spiro atoms. The van der Waals surface area contributed by atoms with Gasteiger partial charge in [-0.1, -0.05) is 31.2 Å². The zero-order valence-corrected chi connectivity index (χ0v) is 13.0. The Morgan fingerprint density at radius 1 is 1.05 bits per heavy atom. The van der Waals surface area contributed by atoms with E-state index in [0.29, 0.717) is 0 Å². The Labute approximate surface area is 126 Å². The minimum absolute atomic E-state index is 0.736. The summed E-state index contributed by atoms with van der Waals surface area (Å²) >= 11 is 0. The van der Waals surface area contributed by atoms with Crippen LogP contribution in [-0.2, 0) is 6.54 Å². The maximum atomic E-state index is 5.75. The summed E-state index contributed by atoms with van der Waals surface area (Å²) in [6.45, 7) is 5.66. The number of anilines is 1. The lowest BCUT2D eigenvalue weighted by atomic mass is 10.1. The number of hydrogen-bond acceptors (Lipinski definition) is 3. The summed E-state index contributed by atoms with van der Waals surface area (Å²) in [7, 11) is 1.70. The van der Waals surface area contributed by atoms with Crippen molar-refractivity contribution in [1.82, 2.24) is 0 Å². The van der Waals surface area contributed by atoms with Crippen molar-refractivity contribution < 1.29 is 9.47 Å². The Bertz CT molecular complexity index is 581. The fourth-order valence-electron chi connectivity index (χ4n) is 2.20. The highest BCUT2D eigenvalue weighted by atomic mass is 16.5. The van der Waals surface area contributed by atoms with Gasteiger partial charge in [-0.2, -0.15) is 0 Å². The van der Waals surface area contributed by atoms with Crippen molar-refractivity contribution >= 4 is 5.69 Å². The SMILES string of the molecule is CCCOc1ccccc1NCc1ccc(OC)c(C)c1. The highest BCUT2D eigenvalue weighted by Gasteiger charge is 2.04. The molecule has 0 aliphatic carbocycles. The first-order chi connectivity index (χ1) is 10.2. The fourth-order valence-corrected chi connectivity index (χ4v) is 2.20. The van der Waals surface area contributed by atoms with Crippen molar-refractivity contribution in [3.05, 3.63) is 53.6 Å². The van der Waals surface area contributed by atoms with Crippen LogP contribution in [0.5, 0.6) is 11.5 Å². The molecule has 0 radical (unpaired) electrons. The van der Waals surface area contributed by atoms with Crippen LogP contribution < -0.4 is 14.8 Å². The van der Waals surface area contributed by atoms with Crippen molar-refractivity contribution in [2.75, 3.05) is 19.0 Å². The maximum absolute atomic E-state index is 5.75. The third-order valence-corrected chi connectivity index (χ3v) is 3.29. The monoisotopic (exact) mass is 285 g/mol. The van der Waals surface area contributed by atoms with Gasteiger partial charge in [0.2, 0.25) is 0 Å². The molecule has 0 bridgehead atoms. The molecule has 0 aliphatic rings. The molecule has 0 atom stereocenters. The molecular formula is C18H23NO2. The Morgan fingerprint density at radius 2 is 1.86 bits per heavy atom. The van der Waals surface area contributed by atoms with E-state index in [1.165, 1.54) is 5.56 Å². The average molecular weight is 285 g/mol. The third-order valence-electron chi connectivity index (χ3n) is 3.29. The molecular weight excluding hydrogens is 262 g/mol. The van der Waals surface area contributed by atoms with Gasteiger partial charge < -0.3 is 14.8 Å². The van der Waals surface area contributed by atoms with Crippen LogP contribution >= 0.6 is 0 Å². The van der Waals surface area contributed by atoms with Crippen molar-refractivity contribution in [3.8, 4) is 11.5 Å². The van der Waals surface area contributed by atoms with E-state index in [2.05, 4.69) is 31.3 Å². The average Bonchev–Trinajstić information content (AvgIpc) is 2.52. The highest BCUT2D eigenvalue weighted by Crippen LogP contribution is 2.25. The van der Waals surface area contributed by atoms with E-state index < -0.39 is 0 Å². The quantitative estimate of drug-likeness (QED) is 0.817. The lowest BCUT2D eigenvalue weighted by molar-refractivity contribution is 0.319. The zero-order valence-electron chi connectivity index (χ0n) is 13.0. The minimum atomic E-state index is 0.736. The molecule has 21 heavy (non-hydrogen) atoms. The lowest BCUT2D eigenvalue weighted by Crippen LogP contribution is -2.03. The number of nitrogens with one attached hydrogen (secondary N) is 1. The van der Waals surface area contributed by atoms with Crippen LogP contribution in [0.2, 0.25) is 0 Å². The number of benzene rings is 2. The zero-order chi connectivity index (χ0) is 15.1. The molecule has 2 rings (SSSR count). The van der Waals surface area contributed by atoms with Crippen LogP contribution in [0.4, 0.5) is 5.69 Å². The van der Waals surface area contributed by atoms with E-state index in [0.717, 1.165) is 42.3 Å². The van der Waals surface area contributed by atoms with Crippen molar-refractivity contribution in [2.24, 2.45) is 0 Å². The molecule has 2 aromatic carbocycles. The molecule has 2 aromatic rings. The van der Waals surface area contributed by atoms with Crippen LogP contribution in [-0.4, -0.2) is 13.7 Å². The van der Waals surface area contributed by atoms with Gasteiger partial charge in [0.05, 0.1) is 19.4 Å². The second-order valence-electron chi connectivity index (χ2n) is 5.00. The minimum Gasteiger partial charge on any atom is -0.496 e. The molecule has 0 unspecified atom stereocenters. The number of methoxy groups -OCH3 is 1. The van der Waals surface area contributed by atoms with Crippen molar-refractivity contribution in [3.63, 3.8) is 0 Å². The molecule has 0 saturated carbocycles. The maximum Gasteiger partial charge on any atom is 0.142 e. The van der Waals surface area contributed by atoms with Crippen LogP contribution in [0.3, 0.4) is 0 Å². The number of aryl methyl sites for hydroxylation is 1. The van der Waals surface area contributed by atoms with Gasteiger partial charge in [0.1, 0.15) is 11.5 Å². The van der Waals surface area contributed by atoms with Gasteiger partial charge in [0, 0.05) is 6.54 Å². The predicted octanol–water partition coefficient (Wildman–Crippen LogP) is 4.40. The van der Waals surface area contributed by atoms with Crippen LogP contribution in [0.15, 0.2) is 42.5 Å². The Hall–Kier alpha value is -2.16. The molecule has 3 nitrogen and oxygen atoms in total. The van der Waals surface area contributed by atoms with Crippen LogP contribution in [0.1, 0.15) is 24.5 Å². The summed E-state index contributed by atoms with van der Waals surface area (Å²) in [6.07, 6.45) is 1.01. The molecule has 0 amide bonds. The van der Waals surface area contributed by atoms with Crippen molar-refractivity contribution in [2.45, 2.75) is 26.8 Å². The predicted molar refractivity (Wildman–Crippen MR) is 87.3 cm³/mol. The van der Waals surface area contributed by atoms with Crippen LogP contribution in [0.25, 0.3) is 0 Å². The summed E-state index contributed by atoms with van der Waals surface area (Å²) in [5, 5.41) is 3.44. The van der Waals surface area contributed by atoms with E-state index in [9.17, 15) is 0 Å². The molecule has 0 heterocycles. The Balaban J connectivity index is 2.04.